The molecule has 25 nitrogen and oxygen atoms in total. The fraction of sp³-hybridized carbons (Fsp3) is 0.909. The molecular formula is C44H98N8Na4O17P4S4. The molecule has 0 heterocycles. The van der Waals surface area contributed by atoms with E-state index in [2.05, 4.69) is 20.0 Å². The van der Waals surface area contributed by atoms with Crippen LogP contribution >= 0.6 is 72.7 Å². The number of aliphatic imine (C=N–C) groups is 4. The molecule has 0 bridgehead atoms. The van der Waals surface area contributed by atoms with Crippen LogP contribution in [0.2, 0.25) is 0 Å². The van der Waals surface area contributed by atoms with Gasteiger partial charge in [-0.3, -0.25) is 38.2 Å². The van der Waals surface area contributed by atoms with E-state index in [0.29, 0.717) is 119 Å². The predicted molar refractivity (Wildman–Crippen MR) is 316 cm³/mol. The third-order valence-electron chi connectivity index (χ3n) is 12.6. The molecule has 0 amide bonds. The van der Waals surface area contributed by atoms with Gasteiger partial charge in [0.2, 0.25) is 0 Å². The molecule has 4 rings (SSSR count). The topological polar surface area (TPSA) is 552 Å². The first-order chi connectivity index (χ1) is 33.9. The Morgan fingerprint density at radius 3 is 0.568 bits per heavy atom. The first-order valence-electron chi connectivity index (χ1n) is 25.8. The zero-order valence-electron chi connectivity index (χ0n) is 48.8. The molecular weight excluding hydrogens is 1260 g/mol. The van der Waals surface area contributed by atoms with E-state index >= 15 is 0 Å². The van der Waals surface area contributed by atoms with Crippen LogP contribution < -0.4 is 161 Å². The van der Waals surface area contributed by atoms with Gasteiger partial charge in [-0.25, -0.2) is 0 Å². The predicted octanol–water partition coefficient (Wildman–Crippen LogP) is -8.52. The van der Waals surface area contributed by atoms with Gasteiger partial charge in [0.1, 0.15) is 23.3 Å². The second-order valence-corrected chi connectivity index (χ2v) is 33.7. The van der Waals surface area contributed by atoms with Crippen LogP contribution in [0.3, 0.4) is 0 Å². The SMILES string of the molecule is NC(CSP(=O)([O-])O)=NCC1CCCCCCC1.NC(CSP(=O)([O-])O)=NCC1CCCCCCC1.NC(CSP(=O)([O-])O)=NCC1CCCCCCC1.NC(CSP(=O)([O-])O)=NCC1CCCCCCC1.O.O.O.O.O.[Na+].[Na+].[Na+].[Na+]. The molecule has 22 N–H and O–H groups in total. The molecule has 4 fully saturated rings. The van der Waals surface area contributed by atoms with Crippen LogP contribution in [-0.2, 0) is 18.3 Å². The van der Waals surface area contributed by atoms with Gasteiger partial charge in [-0.1, -0.05) is 174 Å². The molecule has 4 unspecified atom stereocenters. The van der Waals surface area contributed by atoms with Crippen molar-refractivity contribution in [2.24, 2.45) is 66.6 Å². The van der Waals surface area contributed by atoms with Crippen molar-refractivity contribution < 1.29 is 203 Å². The molecule has 37 heteroatoms. The van der Waals surface area contributed by atoms with Gasteiger partial charge < -0.3 is 89.5 Å². The molecule has 0 radical (unpaired) electrons. The van der Waals surface area contributed by atoms with Crippen LogP contribution in [0.5, 0.6) is 0 Å². The number of amidine groups is 4. The van der Waals surface area contributed by atoms with E-state index in [9.17, 15) is 37.8 Å². The summed E-state index contributed by atoms with van der Waals surface area (Å²) in [4.78, 5) is 93.6. The Hall–Kier alpha value is 3.68. The monoisotopic (exact) mass is 1350 g/mol. The van der Waals surface area contributed by atoms with Crippen molar-refractivity contribution in [2.75, 3.05) is 49.2 Å². The maximum absolute atomic E-state index is 10.6. The van der Waals surface area contributed by atoms with Crippen molar-refractivity contribution in [3.8, 4) is 0 Å². The van der Waals surface area contributed by atoms with Gasteiger partial charge in [0.25, 0.3) is 0 Å². The molecule has 81 heavy (non-hydrogen) atoms. The second-order valence-electron chi connectivity index (χ2n) is 19.1. The van der Waals surface area contributed by atoms with Gasteiger partial charge in [0.05, 0.1) is 23.0 Å². The van der Waals surface area contributed by atoms with Crippen molar-refractivity contribution in [1.82, 2.24) is 0 Å². The zero-order chi connectivity index (χ0) is 53.7. The van der Waals surface area contributed by atoms with Crippen LogP contribution in [0.25, 0.3) is 0 Å². The molecule has 4 saturated carbocycles. The maximum atomic E-state index is 10.6. The minimum atomic E-state index is -4.28. The van der Waals surface area contributed by atoms with E-state index in [-0.39, 0.29) is 169 Å². The van der Waals surface area contributed by atoms with Crippen molar-refractivity contribution in [3.63, 3.8) is 0 Å². The third-order valence-corrected chi connectivity index (χ3v) is 21.1. The first kappa shape index (κ1) is 104. The molecule has 0 aromatic carbocycles. The Kier molecular flexibility index (Phi) is 79.9. The average molecular weight is 1360 g/mol. The Morgan fingerprint density at radius 1 is 0.321 bits per heavy atom. The fourth-order valence-corrected chi connectivity index (χ4v) is 13.7. The van der Waals surface area contributed by atoms with Crippen LogP contribution in [0.1, 0.15) is 180 Å². The summed E-state index contributed by atoms with van der Waals surface area (Å²) in [6.07, 6.45) is 35.2. The summed E-state index contributed by atoms with van der Waals surface area (Å²) in [5.74, 6) is 3.66. The number of nitrogens with zero attached hydrogens (tertiary/aromatic N) is 4. The van der Waals surface area contributed by atoms with E-state index in [1.807, 2.05) is 0 Å². The van der Waals surface area contributed by atoms with Crippen molar-refractivity contribution in [3.05, 3.63) is 0 Å². The molecule has 0 aliphatic heterocycles. The normalized spacial score (nSPS) is 20.5. The molecule has 4 aliphatic carbocycles. The van der Waals surface area contributed by atoms with Crippen LogP contribution in [0.4, 0.5) is 0 Å². The standard InChI is InChI=1S/4C11H23N2O3PS.4Na.5H2O/c4*12-11(9-18-17(14,15)16)13-8-10-6-4-2-1-3-5-7-10;;;;;;;;;/h4*10H,1-9H2,(H2,12,13)(H2,14,15,16);;;;;5*1H2/q;;;;4*+1;;;;;/p-4. The number of hydrogen-bond donors (Lipinski definition) is 8. The maximum Gasteiger partial charge on any atom is 1.00 e. The average Bonchev–Trinajstić information content (AvgIpc) is 3.24. The number of nitrogens with two attached hydrogens (primary N) is 4. The molecule has 464 valence electrons. The van der Waals surface area contributed by atoms with Gasteiger partial charge in [0.15, 0.2) is 27.2 Å². The van der Waals surface area contributed by atoms with Crippen molar-refractivity contribution in [2.45, 2.75) is 180 Å². The summed E-state index contributed by atoms with van der Waals surface area (Å²) in [6.45, 7) is -14.4. The molecule has 0 spiro atoms. The molecule has 4 atom stereocenters. The summed E-state index contributed by atoms with van der Waals surface area (Å²) >= 11 is 1.74. The Balaban J connectivity index is -0.000000118. The van der Waals surface area contributed by atoms with Crippen molar-refractivity contribution >= 4 is 96.1 Å². The van der Waals surface area contributed by atoms with Gasteiger partial charge in [-0.2, -0.15) is 0 Å². The van der Waals surface area contributed by atoms with Crippen LogP contribution in [0.15, 0.2) is 20.0 Å². The molecule has 0 saturated heterocycles. The largest absolute Gasteiger partial charge is 1.00 e. The summed E-state index contributed by atoms with van der Waals surface area (Å²) in [6, 6.07) is 0. The summed E-state index contributed by atoms with van der Waals surface area (Å²) < 4.78 is 42.2. The first-order valence-corrected chi connectivity index (χ1v) is 38.4. The molecule has 0 aromatic heterocycles. The summed E-state index contributed by atoms with van der Waals surface area (Å²) in [7, 11) is 0. The minimum Gasteiger partial charge on any atom is -0.770 e. The summed E-state index contributed by atoms with van der Waals surface area (Å²) in [5, 5.41) is 0. The minimum absolute atomic E-state index is 0. The Morgan fingerprint density at radius 2 is 0.444 bits per heavy atom. The van der Waals surface area contributed by atoms with Gasteiger partial charge in [-0.15, -0.1) is 0 Å². The molecule has 4 aliphatic rings. The van der Waals surface area contributed by atoms with E-state index in [0.717, 1.165) is 0 Å². The Bertz CT molecular complexity index is 1530. The second kappa shape index (κ2) is 62.5. The fourth-order valence-electron chi connectivity index (χ4n) is 8.65. The Labute approximate surface area is 587 Å². The van der Waals surface area contributed by atoms with Crippen molar-refractivity contribution in [1.29, 1.82) is 0 Å². The van der Waals surface area contributed by atoms with Crippen LogP contribution in [-0.4, -0.2) is 119 Å². The third kappa shape index (κ3) is 72.6. The molecule has 0 aromatic rings. The zero-order valence-corrected chi connectivity index (χ0v) is 63.7. The van der Waals surface area contributed by atoms with Gasteiger partial charge in [-0.05, 0) is 75.0 Å². The van der Waals surface area contributed by atoms with Gasteiger partial charge in [0, 0.05) is 26.2 Å². The van der Waals surface area contributed by atoms with Crippen LogP contribution in [0, 0.1) is 23.7 Å². The van der Waals surface area contributed by atoms with Gasteiger partial charge >= 0.3 is 118 Å². The smallest absolute Gasteiger partial charge is 0.770 e. The quantitative estimate of drug-likeness (QED) is 0.0243. The summed E-state index contributed by atoms with van der Waals surface area (Å²) in [5.41, 5.74) is 22.5. The van der Waals surface area contributed by atoms with E-state index in [1.54, 1.807) is 0 Å². The number of hydrogen-bond acceptors (Lipinski definition) is 16. The number of rotatable bonds is 20. The van der Waals surface area contributed by atoms with E-state index < -0.39 is 27.2 Å². The van der Waals surface area contributed by atoms with E-state index in [4.69, 9.17) is 42.5 Å². The van der Waals surface area contributed by atoms with E-state index in [1.165, 1.54) is 180 Å².